The van der Waals surface area contributed by atoms with Crippen LogP contribution in [0.3, 0.4) is 0 Å². The van der Waals surface area contributed by atoms with Crippen LogP contribution in [0.1, 0.15) is 24.8 Å². The van der Waals surface area contributed by atoms with Gasteiger partial charge in [-0.25, -0.2) is 9.78 Å². The lowest BCUT2D eigenvalue weighted by atomic mass is 10.1. The Bertz CT molecular complexity index is 1420. The molecule has 0 bridgehead atoms. The normalized spacial score (nSPS) is 16.6. The van der Waals surface area contributed by atoms with E-state index in [1.165, 1.54) is 18.9 Å². The molecule has 40 heavy (non-hydrogen) atoms. The number of fused-ring (bicyclic) bond motifs is 2. The molecule has 1 N–H and O–H groups in total. The first-order chi connectivity index (χ1) is 19.4. The summed E-state index contributed by atoms with van der Waals surface area (Å²) in [6.07, 6.45) is 2.77. The summed E-state index contributed by atoms with van der Waals surface area (Å²) in [7, 11) is 2.96. The highest BCUT2D eigenvalue weighted by atomic mass is 32.2. The standard InChI is InChI=1S/C28H31N5O6S/c1-37-25-8-6-21-27(31-25)18(9-11-29-21)15-32(13-10-26(35)38-2)12-3-4-20-16-33(28(36)39-20)19-5-7-23-22(14-19)30-24(34)17-40-23/h5-9,11,14,20H,3-4,10,12-13,15-17H2,1-2H3,(H,30,34)/t20-/m1/s1. The SMILES string of the molecule is COC(=O)CCN(CCC[C@@H]1CN(c2ccc3c(c2)NC(=O)CS3)C(=O)O1)Cc1ccnc2ccc(OC)nc12. The van der Waals surface area contributed by atoms with Crippen LogP contribution in [-0.4, -0.2) is 78.5 Å². The molecule has 1 saturated heterocycles. The van der Waals surface area contributed by atoms with Gasteiger partial charge in [-0.2, -0.15) is 0 Å². The van der Waals surface area contributed by atoms with Crippen LogP contribution < -0.4 is 15.0 Å². The summed E-state index contributed by atoms with van der Waals surface area (Å²) < 4.78 is 15.8. The summed E-state index contributed by atoms with van der Waals surface area (Å²) in [6, 6.07) is 11.2. The number of amides is 2. The molecular formula is C28H31N5O6S. The zero-order chi connectivity index (χ0) is 28.1. The summed E-state index contributed by atoms with van der Waals surface area (Å²) >= 11 is 1.48. The summed E-state index contributed by atoms with van der Waals surface area (Å²) in [4.78, 5) is 50.1. The molecule has 0 radical (unpaired) electrons. The molecule has 2 aliphatic heterocycles. The number of carbonyl (C=O) groups is 3. The number of pyridine rings is 2. The molecular weight excluding hydrogens is 534 g/mol. The summed E-state index contributed by atoms with van der Waals surface area (Å²) in [6.45, 7) is 2.18. The number of rotatable bonds is 11. The molecule has 0 saturated carbocycles. The minimum atomic E-state index is -0.398. The van der Waals surface area contributed by atoms with E-state index in [2.05, 4.69) is 20.2 Å². The molecule has 0 spiro atoms. The van der Waals surface area contributed by atoms with Crippen LogP contribution in [0.15, 0.2) is 47.5 Å². The van der Waals surface area contributed by atoms with Gasteiger partial charge in [0.05, 0.1) is 49.7 Å². The largest absolute Gasteiger partial charge is 0.481 e. The Balaban J connectivity index is 1.22. The summed E-state index contributed by atoms with van der Waals surface area (Å²) in [5, 5.41) is 2.87. The Morgan fingerprint density at radius 1 is 1.20 bits per heavy atom. The average molecular weight is 566 g/mol. The van der Waals surface area contributed by atoms with Crippen molar-refractivity contribution in [3.8, 4) is 5.88 Å². The number of methoxy groups -OCH3 is 2. The minimum absolute atomic E-state index is 0.0528. The van der Waals surface area contributed by atoms with Crippen molar-refractivity contribution in [1.82, 2.24) is 14.9 Å². The van der Waals surface area contributed by atoms with Gasteiger partial charge in [0.1, 0.15) is 6.10 Å². The Morgan fingerprint density at radius 3 is 2.90 bits per heavy atom. The number of nitrogens with one attached hydrogen (secondary N) is 1. The third-order valence-electron chi connectivity index (χ3n) is 6.89. The molecule has 11 nitrogen and oxygen atoms in total. The van der Waals surface area contributed by atoms with Crippen LogP contribution in [0.4, 0.5) is 16.2 Å². The number of thioether (sulfide) groups is 1. The molecule has 3 aromatic rings. The van der Waals surface area contributed by atoms with E-state index >= 15 is 0 Å². The van der Waals surface area contributed by atoms with Crippen molar-refractivity contribution in [1.29, 1.82) is 0 Å². The van der Waals surface area contributed by atoms with Crippen LogP contribution in [0.25, 0.3) is 11.0 Å². The summed E-state index contributed by atoms with van der Waals surface area (Å²) in [5.74, 6) is 0.571. The maximum Gasteiger partial charge on any atom is 0.414 e. The summed E-state index contributed by atoms with van der Waals surface area (Å²) in [5.41, 5.74) is 3.91. The highest BCUT2D eigenvalue weighted by molar-refractivity contribution is 8.00. The van der Waals surface area contributed by atoms with E-state index in [4.69, 9.17) is 14.2 Å². The number of carbonyl (C=O) groups excluding carboxylic acids is 3. The molecule has 12 heteroatoms. The van der Waals surface area contributed by atoms with E-state index in [1.54, 1.807) is 24.3 Å². The van der Waals surface area contributed by atoms with Gasteiger partial charge in [-0.15, -0.1) is 11.8 Å². The molecule has 1 aromatic carbocycles. The molecule has 0 unspecified atom stereocenters. The fourth-order valence-corrected chi connectivity index (χ4v) is 5.62. The Labute approximate surface area is 236 Å². The highest BCUT2D eigenvalue weighted by Gasteiger charge is 2.33. The topological polar surface area (TPSA) is 123 Å². The minimum Gasteiger partial charge on any atom is -0.481 e. The second-order valence-corrected chi connectivity index (χ2v) is 10.6. The van der Waals surface area contributed by atoms with Crippen molar-refractivity contribution < 1.29 is 28.6 Å². The lowest BCUT2D eigenvalue weighted by Crippen LogP contribution is -2.29. The van der Waals surface area contributed by atoms with E-state index in [1.807, 2.05) is 30.3 Å². The lowest BCUT2D eigenvalue weighted by Gasteiger charge is -2.23. The molecule has 5 rings (SSSR count). The smallest absolute Gasteiger partial charge is 0.414 e. The molecule has 2 amide bonds. The zero-order valence-electron chi connectivity index (χ0n) is 22.4. The van der Waals surface area contributed by atoms with Gasteiger partial charge in [-0.3, -0.25) is 24.4 Å². The molecule has 1 atom stereocenters. The highest BCUT2D eigenvalue weighted by Crippen LogP contribution is 2.35. The van der Waals surface area contributed by atoms with Gasteiger partial charge in [0.25, 0.3) is 0 Å². The molecule has 4 heterocycles. The zero-order valence-corrected chi connectivity index (χ0v) is 23.2. The van der Waals surface area contributed by atoms with Crippen molar-refractivity contribution in [2.24, 2.45) is 0 Å². The van der Waals surface area contributed by atoms with Crippen LogP contribution in [0, 0.1) is 0 Å². The van der Waals surface area contributed by atoms with Gasteiger partial charge in [-0.05, 0) is 55.3 Å². The van der Waals surface area contributed by atoms with Crippen molar-refractivity contribution in [2.75, 3.05) is 49.8 Å². The van der Waals surface area contributed by atoms with Gasteiger partial charge in [0.15, 0.2) is 0 Å². The third kappa shape index (κ3) is 6.45. The van der Waals surface area contributed by atoms with Crippen molar-refractivity contribution >= 4 is 52.1 Å². The van der Waals surface area contributed by atoms with E-state index in [0.717, 1.165) is 27.9 Å². The average Bonchev–Trinajstić information content (AvgIpc) is 3.34. The van der Waals surface area contributed by atoms with Crippen LogP contribution in [-0.2, 0) is 25.6 Å². The number of ether oxygens (including phenoxy) is 3. The second kappa shape index (κ2) is 12.5. The number of anilines is 2. The number of esters is 1. The first kappa shape index (κ1) is 27.7. The number of hydrogen-bond donors (Lipinski definition) is 1. The Morgan fingerprint density at radius 2 is 2.08 bits per heavy atom. The first-order valence-corrected chi connectivity index (χ1v) is 14.0. The third-order valence-corrected chi connectivity index (χ3v) is 7.96. The predicted octanol–water partition coefficient (Wildman–Crippen LogP) is 3.85. The van der Waals surface area contributed by atoms with E-state index < -0.39 is 6.09 Å². The Kier molecular flexibility index (Phi) is 8.66. The monoisotopic (exact) mass is 565 g/mol. The fraction of sp³-hybridized carbons (Fsp3) is 0.393. The van der Waals surface area contributed by atoms with Gasteiger partial charge < -0.3 is 19.5 Å². The quantitative estimate of drug-likeness (QED) is 0.343. The van der Waals surface area contributed by atoms with Crippen LogP contribution in [0.5, 0.6) is 5.88 Å². The maximum absolute atomic E-state index is 12.7. The Hall–Kier alpha value is -3.90. The molecule has 1 fully saturated rings. The maximum atomic E-state index is 12.7. The van der Waals surface area contributed by atoms with Gasteiger partial charge in [0, 0.05) is 35.9 Å². The number of benzene rings is 1. The van der Waals surface area contributed by atoms with Crippen molar-refractivity contribution in [3.05, 3.63) is 48.2 Å². The molecule has 2 aliphatic rings. The van der Waals surface area contributed by atoms with E-state index in [-0.39, 0.29) is 24.4 Å². The van der Waals surface area contributed by atoms with Crippen LogP contribution in [0.2, 0.25) is 0 Å². The molecule has 2 aromatic heterocycles. The fourth-order valence-electron chi connectivity index (χ4n) is 4.83. The number of nitrogens with zero attached hydrogens (tertiary/aromatic N) is 4. The van der Waals surface area contributed by atoms with Crippen LogP contribution >= 0.6 is 11.8 Å². The molecule has 0 aliphatic carbocycles. The van der Waals surface area contributed by atoms with E-state index in [0.29, 0.717) is 55.6 Å². The van der Waals surface area contributed by atoms with E-state index in [9.17, 15) is 14.4 Å². The molecule has 210 valence electrons. The van der Waals surface area contributed by atoms with Gasteiger partial charge in [-0.1, -0.05) is 0 Å². The van der Waals surface area contributed by atoms with Crippen molar-refractivity contribution in [2.45, 2.75) is 36.8 Å². The predicted molar refractivity (Wildman–Crippen MR) is 151 cm³/mol. The van der Waals surface area contributed by atoms with Crippen molar-refractivity contribution in [3.63, 3.8) is 0 Å². The van der Waals surface area contributed by atoms with Gasteiger partial charge in [0.2, 0.25) is 11.8 Å². The number of aromatic nitrogens is 2. The van der Waals surface area contributed by atoms with Gasteiger partial charge >= 0.3 is 12.1 Å². The number of cyclic esters (lactones) is 1. The number of hydrogen-bond acceptors (Lipinski definition) is 10. The lowest BCUT2D eigenvalue weighted by molar-refractivity contribution is -0.141. The second-order valence-electron chi connectivity index (χ2n) is 9.57. The first-order valence-electron chi connectivity index (χ1n) is 13.1.